The molecule has 4 heteroatoms. The summed E-state index contributed by atoms with van der Waals surface area (Å²) >= 11 is 3.50. The lowest BCUT2D eigenvalue weighted by atomic mass is 10.2. The van der Waals surface area contributed by atoms with E-state index in [4.69, 9.17) is 4.74 Å². The molecule has 0 aliphatic carbocycles. The lowest BCUT2D eigenvalue weighted by Gasteiger charge is -2.10. The van der Waals surface area contributed by atoms with Crippen molar-refractivity contribution in [2.24, 2.45) is 0 Å². The van der Waals surface area contributed by atoms with Gasteiger partial charge < -0.3 is 10.1 Å². The highest BCUT2D eigenvalue weighted by Gasteiger charge is 2.06. The average molecular weight is 352 g/mol. The van der Waals surface area contributed by atoms with Gasteiger partial charge in [-0.25, -0.2) is 4.39 Å². The normalized spacial score (nSPS) is 10.7. The Balaban J connectivity index is 2.08. The lowest BCUT2D eigenvalue weighted by Crippen LogP contribution is -2.13. The molecule has 2 aromatic carbocycles. The van der Waals surface area contributed by atoms with Crippen molar-refractivity contribution >= 4 is 15.9 Å². The number of ether oxygens (including phenoxy) is 1. The maximum atomic E-state index is 13.5. The molecule has 0 spiro atoms. The molecule has 1 N–H and O–H groups in total. The molecule has 112 valence electrons. The minimum Gasteiger partial charge on any atom is -0.456 e. The third-order valence-electron chi connectivity index (χ3n) is 3.12. The molecule has 0 aliphatic heterocycles. The van der Waals surface area contributed by atoms with E-state index in [0.29, 0.717) is 17.1 Å². The summed E-state index contributed by atoms with van der Waals surface area (Å²) in [7, 11) is 0. The third kappa shape index (κ3) is 4.55. The van der Waals surface area contributed by atoms with Crippen molar-refractivity contribution in [1.82, 2.24) is 5.32 Å². The molecule has 0 radical (unpaired) electrons. The summed E-state index contributed by atoms with van der Waals surface area (Å²) in [6.07, 6.45) is 1.11. The zero-order chi connectivity index (χ0) is 15.2. The molecular formula is C17H19BrFNO. The standard InChI is InChI=1S/C17H19BrFNO/c1-3-8-20-11-13-5-7-17(15(18)9-13)21-14-6-4-12(2)16(19)10-14/h4-7,9-10,20H,3,8,11H2,1-2H3. The fourth-order valence-corrected chi connectivity index (χ4v) is 2.42. The Hall–Kier alpha value is -1.39. The predicted octanol–water partition coefficient (Wildman–Crippen LogP) is 5.19. The second-order valence-corrected chi connectivity index (χ2v) is 5.81. The summed E-state index contributed by atoms with van der Waals surface area (Å²) in [6.45, 7) is 5.69. The monoisotopic (exact) mass is 351 g/mol. The first-order valence-corrected chi connectivity index (χ1v) is 7.82. The minimum atomic E-state index is -0.260. The van der Waals surface area contributed by atoms with Crippen LogP contribution in [0.5, 0.6) is 11.5 Å². The Morgan fingerprint density at radius 2 is 2.00 bits per heavy atom. The van der Waals surface area contributed by atoms with Crippen LogP contribution < -0.4 is 10.1 Å². The fraction of sp³-hybridized carbons (Fsp3) is 0.294. The zero-order valence-electron chi connectivity index (χ0n) is 12.2. The number of nitrogens with one attached hydrogen (secondary N) is 1. The van der Waals surface area contributed by atoms with Crippen LogP contribution in [-0.4, -0.2) is 6.54 Å². The van der Waals surface area contributed by atoms with E-state index in [-0.39, 0.29) is 5.82 Å². The van der Waals surface area contributed by atoms with Crippen LogP contribution in [0.25, 0.3) is 0 Å². The Morgan fingerprint density at radius 1 is 1.19 bits per heavy atom. The van der Waals surface area contributed by atoms with Crippen LogP contribution in [0.2, 0.25) is 0 Å². The van der Waals surface area contributed by atoms with Gasteiger partial charge in [-0.05, 0) is 65.1 Å². The quantitative estimate of drug-likeness (QED) is 0.723. The van der Waals surface area contributed by atoms with Gasteiger partial charge in [-0.1, -0.05) is 19.1 Å². The van der Waals surface area contributed by atoms with Gasteiger partial charge >= 0.3 is 0 Å². The van der Waals surface area contributed by atoms with Gasteiger partial charge in [0.05, 0.1) is 4.47 Å². The number of benzene rings is 2. The van der Waals surface area contributed by atoms with Crippen molar-refractivity contribution in [1.29, 1.82) is 0 Å². The average Bonchev–Trinajstić information content (AvgIpc) is 2.46. The van der Waals surface area contributed by atoms with E-state index < -0.39 is 0 Å². The van der Waals surface area contributed by atoms with E-state index in [0.717, 1.165) is 24.0 Å². The molecule has 2 rings (SSSR count). The summed E-state index contributed by atoms with van der Waals surface area (Å²) in [5.41, 5.74) is 1.79. The maximum Gasteiger partial charge on any atom is 0.141 e. The summed E-state index contributed by atoms with van der Waals surface area (Å²) in [6, 6.07) is 10.8. The lowest BCUT2D eigenvalue weighted by molar-refractivity contribution is 0.473. The molecule has 21 heavy (non-hydrogen) atoms. The van der Waals surface area contributed by atoms with Gasteiger partial charge in [0.15, 0.2) is 0 Å². The summed E-state index contributed by atoms with van der Waals surface area (Å²) < 4.78 is 20.1. The zero-order valence-corrected chi connectivity index (χ0v) is 13.8. The molecule has 2 aromatic rings. The van der Waals surface area contributed by atoms with E-state index in [1.165, 1.54) is 11.6 Å². The Bertz CT molecular complexity index is 616. The van der Waals surface area contributed by atoms with Crippen LogP contribution in [0.4, 0.5) is 4.39 Å². The highest BCUT2D eigenvalue weighted by atomic mass is 79.9. The molecule has 0 bridgehead atoms. The van der Waals surface area contributed by atoms with Crippen molar-refractivity contribution in [2.75, 3.05) is 6.54 Å². The molecule has 0 saturated carbocycles. The van der Waals surface area contributed by atoms with Gasteiger partial charge in [0.2, 0.25) is 0 Å². The smallest absolute Gasteiger partial charge is 0.141 e. The Labute approximate surface area is 133 Å². The van der Waals surface area contributed by atoms with Crippen LogP contribution in [0.15, 0.2) is 40.9 Å². The topological polar surface area (TPSA) is 21.3 Å². The van der Waals surface area contributed by atoms with E-state index in [1.54, 1.807) is 19.1 Å². The number of hydrogen-bond donors (Lipinski definition) is 1. The van der Waals surface area contributed by atoms with Crippen molar-refractivity contribution in [2.45, 2.75) is 26.8 Å². The minimum absolute atomic E-state index is 0.260. The van der Waals surface area contributed by atoms with E-state index in [1.807, 2.05) is 18.2 Å². The first-order valence-electron chi connectivity index (χ1n) is 7.03. The molecule has 0 atom stereocenters. The molecule has 0 amide bonds. The van der Waals surface area contributed by atoms with Crippen molar-refractivity contribution < 1.29 is 9.13 Å². The molecular weight excluding hydrogens is 333 g/mol. The molecule has 2 nitrogen and oxygen atoms in total. The van der Waals surface area contributed by atoms with Gasteiger partial charge in [0, 0.05) is 12.6 Å². The molecule has 0 saturated heterocycles. The molecule has 0 heterocycles. The Morgan fingerprint density at radius 3 is 2.67 bits per heavy atom. The van der Waals surface area contributed by atoms with E-state index >= 15 is 0 Å². The SMILES string of the molecule is CCCNCc1ccc(Oc2ccc(C)c(F)c2)c(Br)c1. The van der Waals surface area contributed by atoms with Crippen LogP contribution in [0.3, 0.4) is 0 Å². The van der Waals surface area contributed by atoms with Crippen LogP contribution in [0, 0.1) is 12.7 Å². The summed E-state index contributed by atoms with van der Waals surface area (Å²) in [5.74, 6) is 0.914. The van der Waals surface area contributed by atoms with Crippen molar-refractivity contribution in [3.63, 3.8) is 0 Å². The maximum absolute atomic E-state index is 13.5. The summed E-state index contributed by atoms with van der Waals surface area (Å²) in [4.78, 5) is 0. The number of rotatable bonds is 6. The number of hydrogen-bond acceptors (Lipinski definition) is 2. The molecule has 0 unspecified atom stereocenters. The van der Waals surface area contributed by atoms with Gasteiger partial charge in [0.25, 0.3) is 0 Å². The molecule has 0 fully saturated rings. The molecule has 0 aliphatic rings. The summed E-state index contributed by atoms with van der Waals surface area (Å²) in [5, 5.41) is 3.35. The van der Waals surface area contributed by atoms with Gasteiger partial charge in [-0.3, -0.25) is 0 Å². The van der Waals surface area contributed by atoms with Gasteiger partial charge in [0.1, 0.15) is 17.3 Å². The van der Waals surface area contributed by atoms with Gasteiger partial charge in [-0.2, -0.15) is 0 Å². The second-order valence-electron chi connectivity index (χ2n) is 4.95. The van der Waals surface area contributed by atoms with Crippen LogP contribution >= 0.6 is 15.9 Å². The van der Waals surface area contributed by atoms with Crippen LogP contribution in [0.1, 0.15) is 24.5 Å². The van der Waals surface area contributed by atoms with Crippen LogP contribution in [-0.2, 0) is 6.54 Å². The van der Waals surface area contributed by atoms with Crippen molar-refractivity contribution in [3.8, 4) is 11.5 Å². The third-order valence-corrected chi connectivity index (χ3v) is 3.74. The number of aryl methyl sites for hydroxylation is 1. The Kier molecular flexibility index (Phi) is 5.76. The molecule has 0 aromatic heterocycles. The largest absolute Gasteiger partial charge is 0.456 e. The predicted molar refractivity (Wildman–Crippen MR) is 87.4 cm³/mol. The first-order chi connectivity index (χ1) is 10.1. The number of halogens is 2. The second kappa shape index (κ2) is 7.57. The highest BCUT2D eigenvalue weighted by molar-refractivity contribution is 9.10. The highest BCUT2D eigenvalue weighted by Crippen LogP contribution is 2.31. The van der Waals surface area contributed by atoms with Gasteiger partial charge in [-0.15, -0.1) is 0 Å². The van der Waals surface area contributed by atoms with E-state index in [2.05, 4.69) is 28.2 Å². The fourth-order valence-electron chi connectivity index (χ4n) is 1.91. The first kappa shape index (κ1) is 16.0. The van der Waals surface area contributed by atoms with E-state index in [9.17, 15) is 4.39 Å². The van der Waals surface area contributed by atoms with Crippen molar-refractivity contribution in [3.05, 3.63) is 57.8 Å².